The average Bonchev–Trinajstić information content (AvgIpc) is 2.71. The third-order valence-electron chi connectivity index (χ3n) is 8.19. The number of hydrogen-bond acceptors (Lipinski definition) is 1. The van der Waals surface area contributed by atoms with Crippen LogP contribution in [0.15, 0.2) is 12.1 Å². The van der Waals surface area contributed by atoms with Crippen molar-refractivity contribution in [3.63, 3.8) is 0 Å². The zero-order valence-corrected chi connectivity index (χ0v) is 15.5. The fourth-order valence-electron chi connectivity index (χ4n) is 7.45. The van der Waals surface area contributed by atoms with Crippen molar-refractivity contribution in [2.24, 2.45) is 22.7 Å². The summed E-state index contributed by atoms with van der Waals surface area (Å²) in [5.74, 6) is 2.04. The number of phenolic OH excluding ortho intramolecular Hbond substituents is 1. The SMILES string of the molecule is Cc1cc(O)cc2c1[C@]1(C)CC[C@@H]3C(C)(C)CCC[C@]3(C)[C@H]1C2. The van der Waals surface area contributed by atoms with E-state index in [9.17, 15) is 5.11 Å². The Balaban J connectivity index is 1.84. The van der Waals surface area contributed by atoms with Gasteiger partial charge in [-0.2, -0.15) is 0 Å². The molecule has 0 bridgehead atoms. The monoisotopic (exact) mass is 312 g/mol. The van der Waals surface area contributed by atoms with E-state index in [1.165, 1.54) is 49.7 Å². The summed E-state index contributed by atoms with van der Waals surface area (Å²) in [5.41, 5.74) is 5.56. The summed E-state index contributed by atoms with van der Waals surface area (Å²) in [7, 11) is 0. The fourth-order valence-corrected chi connectivity index (χ4v) is 7.45. The largest absolute Gasteiger partial charge is 0.508 e. The van der Waals surface area contributed by atoms with Gasteiger partial charge in [-0.3, -0.25) is 0 Å². The van der Waals surface area contributed by atoms with Crippen molar-refractivity contribution < 1.29 is 5.11 Å². The molecule has 1 N–H and O–H groups in total. The number of fused-ring (bicyclic) bond motifs is 5. The van der Waals surface area contributed by atoms with Crippen LogP contribution in [-0.2, 0) is 11.8 Å². The number of phenols is 1. The van der Waals surface area contributed by atoms with E-state index < -0.39 is 0 Å². The van der Waals surface area contributed by atoms with Crippen molar-refractivity contribution in [3.05, 3.63) is 28.8 Å². The molecule has 1 heteroatoms. The van der Waals surface area contributed by atoms with Gasteiger partial charge in [-0.15, -0.1) is 0 Å². The van der Waals surface area contributed by atoms with Crippen LogP contribution in [0.25, 0.3) is 0 Å². The average molecular weight is 312 g/mol. The second kappa shape index (κ2) is 4.55. The zero-order valence-electron chi connectivity index (χ0n) is 15.5. The zero-order chi connectivity index (χ0) is 16.6. The Morgan fingerprint density at radius 2 is 1.74 bits per heavy atom. The van der Waals surface area contributed by atoms with Crippen molar-refractivity contribution in [2.75, 3.05) is 0 Å². The highest BCUT2D eigenvalue weighted by molar-refractivity contribution is 5.50. The standard InChI is InChI=1S/C22H32O/c1-14-11-16(23)12-15-13-18-21(4)9-6-8-20(2,3)17(21)7-10-22(18,5)19(14)15/h11-12,17-18,23H,6-10,13H2,1-5H3/t17-,18-,21+,22-/m1/s1. The number of aromatic hydroxyl groups is 1. The second-order valence-corrected chi connectivity index (χ2v) is 9.91. The minimum atomic E-state index is 0.311. The fraction of sp³-hybridized carbons (Fsp3) is 0.727. The molecule has 23 heavy (non-hydrogen) atoms. The Kier molecular flexibility index (Phi) is 3.08. The third kappa shape index (κ3) is 1.91. The minimum absolute atomic E-state index is 0.311. The number of benzene rings is 1. The summed E-state index contributed by atoms with van der Waals surface area (Å²) >= 11 is 0. The maximum Gasteiger partial charge on any atom is 0.116 e. The van der Waals surface area contributed by atoms with E-state index in [0.29, 0.717) is 22.0 Å². The van der Waals surface area contributed by atoms with Gasteiger partial charge in [0.2, 0.25) is 0 Å². The molecule has 4 atom stereocenters. The van der Waals surface area contributed by atoms with Crippen LogP contribution in [0.2, 0.25) is 0 Å². The number of rotatable bonds is 0. The van der Waals surface area contributed by atoms with Crippen LogP contribution in [0.5, 0.6) is 5.75 Å². The van der Waals surface area contributed by atoms with Crippen LogP contribution < -0.4 is 0 Å². The van der Waals surface area contributed by atoms with Crippen LogP contribution >= 0.6 is 0 Å². The molecule has 126 valence electrons. The number of aryl methyl sites for hydroxylation is 1. The summed E-state index contributed by atoms with van der Waals surface area (Å²) in [5, 5.41) is 10.1. The van der Waals surface area contributed by atoms with Crippen LogP contribution in [0.4, 0.5) is 0 Å². The lowest BCUT2D eigenvalue weighted by molar-refractivity contribution is -0.0983. The summed E-state index contributed by atoms with van der Waals surface area (Å²) in [6, 6.07) is 4.03. The highest BCUT2D eigenvalue weighted by atomic mass is 16.3. The molecule has 2 fully saturated rings. The molecule has 0 spiro atoms. The van der Waals surface area contributed by atoms with E-state index in [2.05, 4.69) is 40.7 Å². The summed E-state index contributed by atoms with van der Waals surface area (Å²) < 4.78 is 0. The highest BCUT2D eigenvalue weighted by Gasteiger charge is 2.61. The van der Waals surface area contributed by atoms with Gasteiger partial charge < -0.3 is 5.11 Å². The van der Waals surface area contributed by atoms with Gasteiger partial charge >= 0.3 is 0 Å². The Morgan fingerprint density at radius 1 is 1.00 bits per heavy atom. The Morgan fingerprint density at radius 3 is 2.48 bits per heavy atom. The van der Waals surface area contributed by atoms with Gasteiger partial charge in [0.05, 0.1) is 0 Å². The molecule has 3 aliphatic rings. The first-order valence-corrected chi connectivity index (χ1v) is 9.51. The van der Waals surface area contributed by atoms with Gasteiger partial charge in [0.25, 0.3) is 0 Å². The first-order valence-electron chi connectivity index (χ1n) is 9.51. The molecule has 3 aliphatic carbocycles. The Labute approximate surface area is 141 Å². The molecule has 0 heterocycles. The van der Waals surface area contributed by atoms with Gasteiger partial charge in [-0.25, -0.2) is 0 Å². The van der Waals surface area contributed by atoms with Crippen LogP contribution in [0, 0.1) is 29.6 Å². The molecule has 0 unspecified atom stereocenters. The molecular formula is C22H32O. The van der Waals surface area contributed by atoms with E-state index in [1.54, 1.807) is 5.56 Å². The lowest BCUT2D eigenvalue weighted by Gasteiger charge is -2.61. The van der Waals surface area contributed by atoms with Crippen LogP contribution in [0.3, 0.4) is 0 Å². The molecule has 1 aromatic rings. The quantitative estimate of drug-likeness (QED) is 0.646. The predicted octanol–water partition coefficient (Wildman–Crippen LogP) is 5.76. The van der Waals surface area contributed by atoms with E-state index in [4.69, 9.17) is 0 Å². The van der Waals surface area contributed by atoms with Crippen molar-refractivity contribution in [1.29, 1.82) is 0 Å². The molecule has 0 radical (unpaired) electrons. The normalized spacial score (nSPS) is 41.1. The van der Waals surface area contributed by atoms with Gasteiger partial charge in [0, 0.05) is 0 Å². The molecule has 0 aliphatic heterocycles. The lowest BCUT2D eigenvalue weighted by Crippen LogP contribution is -2.55. The predicted molar refractivity (Wildman–Crippen MR) is 95.9 cm³/mol. The molecule has 2 saturated carbocycles. The maximum absolute atomic E-state index is 10.1. The third-order valence-corrected chi connectivity index (χ3v) is 8.19. The molecule has 0 saturated heterocycles. The molecule has 0 amide bonds. The summed E-state index contributed by atoms with van der Waals surface area (Å²) in [4.78, 5) is 0. The lowest BCUT2D eigenvalue weighted by atomic mass is 9.43. The summed E-state index contributed by atoms with van der Waals surface area (Å²) in [6.45, 7) is 12.3. The van der Waals surface area contributed by atoms with Crippen LogP contribution in [-0.4, -0.2) is 5.11 Å². The smallest absolute Gasteiger partial charge is 0.116 e. The second-order valence-electron chi connectivity index (χ2n) is 9.91. The molecule has 4 rings (SSSR count). The molecular weight excluding hydrogens is 280 g/mol. The number of hydrogen-bond donors (Lipinski definition) is 1. The van der Waals surface area contributed by atoms with Gasteiger partial charge in [0.15, 0.2) is 0 Å². The van der Waals surface area contributed by atoms with Crippen molar-refractivity contribution in [1.82, 2.24) is 0 Å². The molecule has 1 aromatic carbocycles. The van der Waals surface area contributed by atoms with Crippen LogP contribution in [0.1, 0.15) is 76.5 Å². The van der Waals surface area contributed by atoms with Gasteiger partial charge in [-0.1, -0.05) is 34.1 Å². The van der Waals surface area contributed by atoms with E-state index in [-0.39, 0.29) is 0 Å². The van der Waals surface area contributed by atoms with Crippen molar-refractivity contribution >= 4 is 0 Å². The Bertz CT molecular complexity index is 658. The van der Waals surface area contributed by atoms with E-state index in [1.807, 2.05) is 6.07 Å². The molecule has 1 nitrogen and oxygen atoms in total. The molecule has 0 aromatic heterocycles. The van der Waals surface area contributed by atoms with E-state index in [0.717, 1.165) is 11.8 Å². The highest BCUT2D eigenvalue weighted by Crippen LogP contribution is 2.67. The van der Waals surface area contributed by atoms with Gasteiger partial charge in [0.1, 0.15) is 5.75 Å². The van der Waals surface area contributed by atoms with Crippen molar-refractivity contribution in [2.45, 2.75) is 78.6 Å². The topological polar surface area (TPSA) is 20.2 Å². The first kappa shape index (κ1) is 15.5. The van der Waals surface area contributed by atoms with E-state index >= 15 is 0 Å². The first-order chi connectivity index (χ1) is 10.7. The van der Waals surface area contributed by atoms with Gasteiger partial charge in [-0.05, 0) is 95.9 Å². The summed E-state index contributed by atoms with van der Waals surface area (Å²) in [6.07, 6.45) is 8.03. The Hall–Kier alpha value is -0.980. The maximum atomic E-state index is 10.1. The van der Waals surface area contributed by atoms with Crippen molar-refractivity contribution in [3.8, 4) is 5.75 Å². The minimum Gasteiger partial charge on any atom is -0.508 e.